The minimum atomic E-state index is -3.87. The molecule has 0 aliphatic carbocycles. The molecule has 1 aromatic rings. The average molecular weight is 296 g/mol. The highest BCUT2D eigenvalue weighted by Gasteiger charge is 2.16. The van der Waals surface area contributed by atoms with Gasteiger partial charge in [0, 0.05) is 22.2 Å². The van der Waals surface area contributed by atoms with E-state index in [0.29, 0.717) is 11.5 Å². The zero-order valence-electron chi connectivity index (χ0n) is 9.59. The second-order valence-electron chi connectivity index (χ2n) is 3.35. The molecule has 1 rings (SSSR count). The zero-order valence-corrected chi connectivity index (χ0v) is 12.0. The van der Waals surface area contributed by atoms with Crippen LogP contribution in [0.25, 0.3) is 0 Å². The predicted molar refractivity (Wildman–Crippen MR) is 70.8 cm³/mol. The first-order valence-corrected chi connectivity index (χ1v) is 9.25. The van der Waals surface area contributed by atoms with E-state index in [4.69, 9.17) is 10.7 Å². The van der Waals surface area contributed by atoms with Gasteiger partial charge in [0.05, 0.1) is 15.4 Å². The van der Waals surface area contributed by atoms with Gasteiger partial charge in [0.25, 0.3) is 9.05 Å². The predicted octanol–water partition coefficient (Wildman–Crippen LogP) is 2.75. The molecular weight excluding hydrogens is 282 g/mol. The van der Waals surface area contributed by atoms with Crippen LogP contribution in [0.1, 0.15) is 13.8 Å². The first-order chi connectivity index (χ1) is 7.82. The largest absolute Gasteiger partial charge is 0.263 e. The first-order valence-electron chi connectivity index (χ1n) is 5.08. The van der Waals surface area contributed by atoms with Gasteiger partial charge in [-0.05, 0) is 12.1 Å². The fraction of sp³-hybridized carbons (Fsp3) is 0.400. The van der Waals surface area contributed by atoms with Gasteiger partial charge in [-0.3, -0.25) is 0 Å². The van der Waals surface area contributed by atoms with Crippen molar-refractivity contribution in [2.24, 2.45) is 4.36 Å². The van der Waals surface area contributed by atoms with Crippen LogP contribution < -0.4 is 0 Å². The van der Waals surface area contributed by atoms with Crippen molar-refractivity contribution in [2.75, 3.05) is 11.5 Å². The molecule has 0 aliphatic rings. The molecule has 0 saturated carbocycles. The van der Waals surface area contributed by atoms with Gasteiger partial charge in [-0.25, -0.2) is 12.6 Å². The van der Waals surface area contributed by atoms with E-state index in [1.165, 1.54) is 12.1 Å². The summed E-state index contributed by atoms with van der Waals surface area (Å²) < 4.78 is 38.9. The summed E-state index contributed by atoms with van der Waals surface area (Å²) in [6.45, 7) is 3.51. The fourth-order valence-electron chi connectivity index (χ4n) is 1.25. The summed E-state index contributed by atoms with van der Waals surface area (Å²) in [5, 5.41) is 0. The van der Waals surface area contributed by atoms with E-state index in [-0.39, 0.29) is 10.6 Å². The summed E-state index contributed by atoms with van der Waals surface area (Å²) in [5.41, 5.74) is 0.163. The lowest BCUT2D eigenvalue weighted by molar-refractivity contribution is 0.610. The van der Waals surface area contributed by atoms with Gasteiger partial charge < -0.3 is 0 Å². The average Bonchev–Trinajstić information content (AvgIpc) is 2.28. The normalized spacial score (nSPS) is 12.4. The smallest absolute Gasteiger partial charge is 0.249 e. The van der Waals surface area contributed by atoms with Crippen LogP contribution in [0.15, 0.2) is 33.5 Å². The van der Waals surface area contributed by atoms with E-state index in [1.807, 2.05) is 0 Å². The topological polar surface area (TPSA) is 63.6 Å². The van der Waals surface area contributed by atoms with Crippen LogP contribution in [0.2, 0.25) is 0 Å². The maximum atomic E-state index is 12.2. The quantitative estimate of drug-likeness (QED) is 0.802. The lowest BCUT2D eigenvalue weighted by atomic mass is 10.3. The van der Waals surface area contributed by atoms with Crippen LogP contribution in [0.3, 0.4) is 0 Å². The lowest BCUT2D eigenvalue weighted by Gasteiger charge is -2.06. The number of hydrogen-bond donors (Lipinski definition) is 0. The van der Waals surface area contributed by atoms with Crippen LogP contribution in [0.5, 0.6) is 0 Å². The third-order valence-electron chi connectivity index (χ3n) is 2.29. The molecule has 0 radical (unpaired) electrons. The Kier molecular flexibility index (Phi) is 4.57. The van der Waals surface area contributed by atoms with Gasteiger partial charge in [0.15, 0.2) is 0 Å². The molecule has 96 valence electrons. The first kappa shape index (κ1) is 14.5. The summed E-state index contributed by atoms with van der Waals surface area (Å²) >= 11 is 0. The number of hydrogen-bond acceptors (Lipinski definition) is 4. The molecule has 7 heteroatoms. The molecule has 0 bridgehead atoms. The summed E-state index contributed by atoms with van der Waals surface area (Å²) in [6, 6.07) is 6.04. The van der Waals surface area contributed by atoms with Gasteiger partial charge in [0.1, 0.15) is 4.90 Å². The van der Waals surface area contributed by atoms with Gasteiger partial charge in [-0.1, -0.05) is 26.0 Å². The van der Waals surface area contributed by atoms with Gasteiger partial charge in [-0.15, -0.1) is 0 Å². The molecule has 0 amide bonds. The van der Waals surface area contributed by atoms with Crippen molar-refractivity contribution in [3.63, 3.8) is 0 Å². The van der Waals surface area contributed by atoms with Crippen molar-refractivity contribution < 1.29 is 12.6 Å². The van der Waals surface area contributed by atoms with Crippen LogP contribution >= 0.6 is 10.7 Å². The van der Waals surface area contributed by atoms with E-state index < -0.39 is 18.8 Å². The van der Waals surface area contributed by atoms with E-state index >= 15 is 0 Å². The van der Waals surface area contributed by atoms with Crippen LogP contribution in [0, 0.1) is 0 Å². The van der Waals surface area contributed by atoms with Crippen molar-refractivity contribution in [3.05, 3.63) is 24.3 Å². The Morgan fingerprint density at radius 1 is 1.12 bits per heavy atom. The number of nitrogens with zero attached hydrogens (tertiary/aromatic N) is 1. The Labute approximate surface area is 107 Å². The van der Waals surface area contributed by atoms with E-state index in [1.54, 1.807) is 26.0 Å². The monoisotopic (exact) mass is 295 g/mol. The minimum Gasteiger partial charge on any atom is -0.249 e. The maximum Gasteiger partial charge on any atom is 0.263 e. The highest BCUT2D eigenvalue weighted by molar-refractivity contribution is 8.13. The molecule has 0 saturated heterocycles. The number of rotatable bonds is 4. The Balaban J connectivity index is 3.50. The molecule has 0 spiro atoms. The molecule has 0 fully saturated rings. The van der Waals surface area contributed by atoms with E-state index in [9.17, 15) is 12.6 Å². The summed E-state index contributed by atoms with van der Waals surface area (Å²) in [7, 11) is -0.970. The van der Waals surface area contributed by atoms with E-state index in [0.717, 1.165) is 0 Å². The van der Waals surface area contributed by atoms with E-state index in [2.05, 4.69) is 4.36 Å². The number of halogens is 1. The van der Waals surface area contributed by atoms with Gasteiger partial charge in [-0.2, -0.15) is 4.36 Å². The van der Waals surface area contributed by atoms with Crippen LogP contribution in [-0.2, 0) is 18.8 Å². The second-order valence-corrected chi connectivity index (χ2v) is 8.76. The van der Waals surface area contributed by atoms with Crippen molar-refractivity contribution in [2.45, 2.75) is 18.7 Å². The Morgan fingerprint density at radius 2 is 1.65 bits per heavy atom. The summed E-state index contributed by atoms with van der Waals surface area (Å²) in [6.07, 6.45) is 0. The highest BCUT2D eigenvalue weighted by Crippen LogP contribution is 2.28. The third-order valence-corrected chi connectivity index (χ3v) is 6.00. The standard InChI is InChI=1S/C10H14ClNO3S2/c1-3-16(13,4-2)12-9-7-5-6-8-10(9)17(11,14)15/h5-8H,3-4H2,1-2H3. The lowest BCUT2D eigenvalue weighted by Crippen LogP contribution is -2.05. The molecule has 17 heavy (non-hydrogen) atoms. The molecule has 0 unspecified atom stereocenters. The number of benzene rings is 1. The minimum absolute atomic E-state index is 0.101. The van der Waals surface area contributed by atoms with Crippen molar-refractivity contribution in [1.82, 2.24) is 0 Å². The van der Waals surface area contributed by atoms with Crippen molar-refractivity contribution in [3.8, 4) is 0 Å². The Bertz CT molecular complexity index is 606. The zero-order chi connectivity index (χ0) is 13.1. The van der Waals surface area contributed by atoms with Gasteiger partial charge >= 0.3 is 0 Å². The molecule has 0 atom stereocenters. The summed E-state index contributed by atoms with van der Waals surface area (Å²) in [5.74, 6) is 0.750. The second kappa shape index (κ2) is 5.37. The molecule has 0 N–H and O–H groups in total. The van der Waals surface area contributed by atoms with Crippen LogP contribution in [0.4, 0.5) is 5.69 Å². The molecule has 0 aromatic heterocycles. The van der Waals surface area contributed by atoms with Crippen molar-refractivity contribution >= 4 is 35.1 Å². The van der Waals surface area contributed by atoms with Gasteiger partial charge in [0.2, 0.25) is 0 Å². The van der Waals surface area contributed by atoms with Crippen molar-refractivity contribution in [1.29, 1.82) is 0 Å². The molecule has 0 aliphatic heterocycles. The maximum absolute atomic E-state index is 12.2. The Hall–Kier alpha value is -0.590. The molecular formula is C10H14ClNO3S2. The fourth-order valence-corrected chi connectivity index (χ4v) is 3.49. The Morgan fingerprint density at radius 3 is 2.12 bits per heavy atom. The molecule has 1 aromatic carbocycles. The summed E-state index contributed by atoms with van der Waals surface area (Å²) in [4.78, 5) is -0.101. The molecule has 4 nitrogen and oxygen atoms in total. The highest BCUT2D eigenvalue weighted by atomic mass is 35.7. The third kappa shape index (κ3) is 3.69. The SMILES string of the molecule is CCS(=O)(CC)=Nc1ccccc1S(=O)(=O)Cl. The van der Waals surface area contributed by atoms with Crippen LogP contribution in [-0.4, -0.2) is 24.1 Å². The molecule has 0 heterocycles.